The maximum Gasteiger partial charge on any atom is 0.251 e. The number of aryl methyl sites for hydroxylation is 1. The van der Waals surface area contributed by atoms with Crippen LogP contribution in [-0.2, 0) is 4.79 Å². The van der Waals surface area contributed by atoms with E-state index in [0.29, 0.717) is 10.9 Å². The zero-order valence-corrected chi connectivity index (χ0v) is 14.4. The van der Waals surface area contributed by atoms with Crippen LogP contribution in [0.4, 0.5) is 0 Å². The number of H-pyrrole nitrogens is 1. The van der Waals surface area contributed by atoms with Crippen molar-refractivity contribution in [2.24, 2.45) is 0 Å². The van der Waals surface area contributed by atoms with Crippen LogP contribution in [0.15, 0.2) is 46.3 Å². The van der Waals surface area contributed by atoms with Crippen LogP contribution in [0.2, 0.25) is 0 Å². The van der Waals surface area contributed by atoms with E-state index < -0.39 is 5.25 Å². The second-order valence-electron chi connectivity index (χ2n) is 6.09. The third-order valence-corrected chi connectivity index (χ3v) is 5.26. The van der Waals surface area contributed by atoms with Gasteiger partial charge in [-0.3, -0.25) is 9.59 Å². The van der Waals surface area contributed by atoms with Gasteiger partial charge in [-0.05, 0) is 25.3 Å². The molecule has 0 aliphatic heterocycles. The molecule has 24 heavy (non-hydrogen) atoms. The third-order valence-electron chi connectivity index (χ3n) is 4.12. The Morgan fingerprint density at radius 3 is 2.67 bits per heavy atom. The summed E-state index contributed by atoms with van der Waals surface area (Å²) in [6.45, 7) is 1.77. The lowest BCUT2D eigenvalue weighted by Gasteiger charge is -2.19. The van der Waals surface area contributed by atoms with Crippen molar-refractivity contribution >= 4 is 17.7 Å². The Balaban J connectivity index is 1.84. The van der Waals surface area contributed by atoms with Crippen molar-refractivity contribution < 1.29 is 4.79 Å². The third kappa shape index (κ3) is 4.26. The topological polar surface area (TPSA) is 74.8 Å². The van der Waals surface area contributed by atoms with E-state index >= 15 is 0 Å². The molecule has 1 saturated carbocycles. The van der Waals surface area contributed by atoms with Crippen LogP contribution in [0.1, 0.15) is 42.2 Å². The molecule has 1 aliphatic rings. The number of thioether (sulfide) groups is 1. The lowest BCUT2D eigenvalue weighted by molar-refractivity contribution is -0.121. The van der Waals surface area contributed by atoms with Crippen molar-refractivity contribution in [2.45, 2.75) is 49.1 Å². The standard InChI is InChI=1S/C18H21N3O2S/c1-12-11-15(22)21-18(19-12)24-16(13-7-3-2-4-8-13)17(23)20-14-9-5-6-10-14/h2-4,7-8,11,14,16H,5-6,9-10H2,1H3,(H,20,23)(H,19,21,22)/t16-/m0/s1. The van der Waals surface area contributed by atoms with E-state index in [-0.39, 0.29) is 17.5 Å². The zero-order chi connectivity index (χ0) is 16.9. The summed E-state index contributed by atoms with van der Waals surface area (Å²) < 4.78 is 0. The van der Waals surface area contributed by atoms with Gasteiger partial charge in [0.15, 0.2) is 5.16 Å². The van der Waals surface area contributed by atoms with E-state index in [1.165, 1.54) is 30.7 Å². The number of rotatable bonds is 5. The van der Waals surface area contributed by atoms with Crippen molar-refractivity contribution in [2.75, 3.05) is 0 Å². The highest BCUT2D eigenvalue weighted by molar-refractivity contribution is 8.00. The van der Waals surface area contributed by atoms with Gasteiger partial charge in [-0.1, -0.05) is 54.9 Å². The first kappa shape index (κ1) is 16.8. The fraction of sp³-hybridized carbons (Fsp3) is 0.389. The Kier molecular flexibility index (Phi) is 5.35. The first-order chi connectivity index (χ1) is 11.6. The average molecular weight is 343 g/mol. The largest absolute Gasteiger partial charge is 0.352 e. The van der Waals surface area contributed by atoms with E-state index in [2.05, 4.69) is 15.3 Å². The van der Waals surface area contributed by atoms with Gasteiger partial charge in [0.25, 0.3) is 5.56 Å². The fourth-order valence-corrected chi connectivity index (χ4v) is 4.01. The van der Waals surface area contributed by atoms with Crippen LogP contribution < -0.4 is 10.9 Å². The summed E-state index contributed by atoms with van der Waals surface area (Å²) in [5.74, 6) is -0.0257. The summed E-state index contributed by atoms with van der Waals surface area (Å²) >= 11 is 1.28. The van der Waals surface area contributed by atoms with E-state index in [1.54, 1.807) is 6.92 Å². The lowest BCUT2D eigenvalue weighted by atomic mass is 10.1. The van der Waals surface area contributed by atoms with Gasteiger partial charge in [0.2, 0.25) is 5.91 Å². The molecule has 0 radical (unpaired) electrons. The Morgan fingerprint density at radius 1 is 1.29 bits per heavy atom. The average Bonchev–Trinajstić information content (AvgIpc) is 3.05. The molecule has 1 aromatic heterocycles. The molecular formula is C18H21N3O2S. The van der Waals surface area contributed by atoms with Crippen LogP contribution in [0.3, 0.4) is 0 Å². The summed E-state index contributed by atoms with van der Waals surface area (Å²) in [5.41, 5.74) is 1.35. The zero-order valence-electron chi connectivity index (χ0n) is 13.6. The molecule has 126 valence electrons. The molecule has 1 heterocycles. The minimum absolute atomic E-state index is 0.0257. The van der Waals surface area contributed by atoms with Crippen molar-refractivity contribution in [3.05, 3.63) is 58.0 Å². The number of nitrogens with zero attached hydrogens (tertiary/aromatic N) is 1. The summed E-state index contributed by atoms with van der Waals surface area (Å²) in [7, 11) is 0. The number of amides is 1. The molecule has 0 bridgehead atoms. The number of carbonyl (C=O) groups is 1. The number of hydrogen-bond acceptors (Lipinski definition) is 4. The van der Waals surface area contributed by atoms with Gasteiger partial charge in [-0.2, -0.15) is 0 Å². The molecule has 2 aromatic rings. The SMILES string of the molecule is Cc1cc(=O)[nH]c(S[C@H](C(=O)NC2CCCC2)c2ccccc2)n1. The predicted octanol–water partition coefficient (Wildman–Crippen LogP) is 2.97. The Morgan fingerprint density at radius 2 is 2.00 bits per heavy atom. The molecule has 1 aromatic carbocycles. The first-order valence-corrected chi connectivity index (χ1v) is 9.10. The van der Waals surface area contributed by atoms with Crippen molar-refractivity contribution in [3.8, 4) is 0 Å². The summed E-state index contributed by atoms with van der Waals surface area (Å²) in [6.07, 6.45) is 4.41. The summed E-state index contributed by atoms with van der Waals surface area (Å²) in [6, 6.07) is 11.3. The van der Waals surface area contributed by atoms with Crippen molar-refractivity contribution in [3.63, 3.8) is 0 Å². The molecule has 1 aliphatic carbocycles. The van der Waals surface area contributed by atoms with Crippen LogP contribution >= 0.6 is 11.8 Å². The van der Waals surface area contributed by atoms with Gasteiger partial charge in [0, 0.05) is 17.8 Å². The number of carbonyl (C=O) groups excluding carboxylic acids is 1. The molecule has 1 atom stereocenters. The minimum Gasteiger partial charge on any atom is -0.352 e. The number of aromatic nitrogens is 2. The van der Waals surface area contributed by atoms with Gasteiger partial charge >= 0.3 is 0 Å². The van der Waals surface area contributed by atoms with E-state index in [0.717, 1.165) is 18.4 Å². The van der Waals surface area contributed by atoms with Gasteiger partial charge < -0.3 is 10.3 Å². The molecule has 0 unspecified atom stereocenters. The normalized spacial score (nSPS) is 16.0. The minimum atomic E-state index is -0.434. The number of nitrogens with one attached hydrogen (secondary N) is 2. The molecule has 2 N–H and O–H groups in total. The molecular weight excluding hydrogens is 322 g/mol. The maximum atomic E-state index is 12.8. The predicted molar refractivity (Wildman–Crippen MR) is 95.0 cm³/mol. The molecule has 0 saturated heterocycles. The first-order valence-electron chi connectivity index (χ1n) is 8.22. The quantitative estimate of drug-likeness (QED) is 0.646. The van der Waals surface area contributed by atoms with Crippen molar-refractivity contribution in [1.82, 2.24) is 15.3 Å². The second kappa shape index (κ2) is 7.66. The molecule has 1 fully saturated rings. The summed E-state index contributed by atoms with van der Waals surface area (Å²) in [4.78, 5) is 31.5. The van der Waals surface area contributed by atoms with Gasteiger partial charge in [-0.15, -0.1) is 0 Å². The smallest absolute Gasteiger partial charge is 0.251 e. The van der Waals surface area contributed by atoms with Gasteiger partial charge in [0.1, 0.15) is 5.25 Å². The van der Waals surface area contributed by atoms with Crippen LogP contribution in [0.5, 0.6) is 0 Å². The van der Waals surface area contributed by atoms with Crippen LogP contribution in [0.25, 0.3) is 0 Å². The monoisotopic (exact) mass is 343 g/mol. The fourth-order valence-electron chi connectivity index (χ4n) is 2.97. The lowest BCUT2D eigenvalue weighted by Crippen LogP contribution is -2.35. The highest BCUT2D eigenvalue weighted by Crippen LogP contribution is 2.33. The Labute approximate surface area is 145 Å². The maximum absolute atomic E-state index is 12.8. The van der Waals surface area contributed by atoms with Gasteiger partial charge in [0.05, 0.1) is 0 Å². The highest BCUT2D eigenvalue weighted by Gasteiger charge is 2.26. The van der Waals surface area contributed by atoms with Crippen molar-refractivity contribution in [1.29, 1.82) is 0 Å². The molecule has 5 nitrogen and oxygen atoms in total. The molecule has 6 heteroatoms. The van der Waals surface area contributed by atoms with E-state index in [4.69, 9.17) is 0 Å². The molecule has 0 spiro atoms. The van der Waals surface area contributed by atoms with E-state index in [1.807, 2.05) is 30.3 Å². The highest BCUT2D eigenvalue weighted by atomic mass is 32.2. The molecule has 3 rings (SSSR count). The second-order valence-corrected chi connectivity index (χ2v) is 7.18. The van der Waals surface area contributed by atoms with Gasteiger partial charge in [-0.25, -0.2) is 4.98 Å². The molecule has 1 amide bonds. The van der Waals surface area contributed by atoms with Crippen LogP contribution in [0, 0.1) is 6.92 Å². The number of aromatic amines is 1. The van der Waals surface area contributed by atoms with Crippen LogP contribution in [-0.4, -0.2) is 21.9 Å². The Bertz CT molecular complexity index is 754. The Hall–Kier alpha value is -2.08. The number of hydrogen-bond donors (Lipinski definition) is 2. The number of benzene rings is 1. The van der Waals surface area contributed by atoms with E-state index in [9.17, 15) is 9.59 Å². The summed E-state index contributed by atoms with van der Waals surface area (Å²) in [5, 5.41) is 3.18.